The van der Waals surface area contributed by atoms with Gasteiger partial charge in [0.2, 0.25) is 20.0 Å². The topological polar surface area (TPSA) is 281 Å². The van der Waals surface area contributed by atoms with Crippen LogP contribution in [0.25, 0.3) is 102 Å². The number of hydrogen-bond donors (Lipinski definition) is 2. The molecule has 2 N–H and O–H groups in total. The zero-order chi connectivity index (χ0) is 107. The Morgan fingerprint density at radius 2 is 0.599 bits per heavy atom. The van der Waals surface area contributed by atoms with Crippen molar-refractivity contribution in [1.82, 2.24) is 9.71 Å². The highest BCUT2D eigenvalue weighted by Gasteiger charge is 2.21. The van der Waals surface area contributed by atoms with Gasteiger partial charge in [0.05, 0.1) is 33.2 Å². The Balaban J connectivity index is 0.000000170. The van der Waals surface area contributed by atoms with Crippen LogP contribution in [0.2, 0.25) is 0 Å². The second kappa shape index (κ2) is 53.3. The van der Waals surface area contributed by atoms with Crippen LogP contribution in [0.4, 0.5) is 27.6 Å². The largest absolute Gasteiger partial charge is 0.461 e. The lowest BCUT2D eigenvalue weighted by Crippen LogP contribution is -2.18. The molecule has 0 amide bonds. The van der Waals surface area contributed by atoms with Gasteiger partial charge in [0.15, 0.2) is 33.1 Å². The van der Waals surface area contributed by atoms with E-state index in [1.54, 1.807) is 97.2 Å². The third kappa shape index (κ3) is 34.2. The van der Waals surface area contributed by atoms with Crippen molar-refractivity contribution in [1.29, 1.82) is 5.26 Å². The number of nitrogens with one attached hydrogen (secondary N) is 2. The van der Waals surface area contributed by atoms with E-state index in [1.807, 2.05) is 205 Å². The van der Waals surface area contributed by atoms with Crippen LogP contribution in [0.15, 0.2) is 371 Å². The molecular formula is C120H127F5N4O15S3. The van der Waals surface area contributed by atoms with E-state index in [0.717, 1.165) is 144 Å². The second-order valence-electron chi connectivity index (χ2n) is 37.2. The number of halogens is 5. The van der Waals surface area contributed by atoms with Crippen molar-refractivity contribution < 1.29 is 87.0 Å². The fourth-order valence-electron chi connectivity index (χ4n) is 13.9. The number of nitriles is 1. The number of furan rings is 9. The quantitative estimate of drug-likeness (QED) is 0.0563. The highest BCUT2D eigenvalue weighted by molar-refractivity contribution is 7.92. The fraction of sp³-hybridized carbons (Fsp3) is 0.250. The first-order valence-electron chi connectivity index (χ1n) is 48.2. The molecule has 18 rings (SSSR count). The number of nitrogens with zero attached hydrogens (tertiary/aromatic N) is 2. The van der Waals surface area contributed by atoms with Crippen LogP contribution in [-0.4, -0.2) is 49.8 Å². The number of rotatable bonds is 23. The van der Waals surface area contributed by atoms with E-state index in [1.165, 1.54) is 43.6 Å². The Kier molecular flexibility index (Phi) is 41.4. The summed E-state index contributed by atoms with van der Waals surface area (Å²) in [4.78, 5) is 4.59. The molecule has 18 aromatic rings. The van der Waals surface area contributed by atoms with Crippen molar-refractivity contribution in [2.45, 2.75) is 188 Å². The SMILES string of the molecule is CC(C)c1ccc(-c2ccc(C#N)cc2)o1.CC(C)c1ccc(-c2ccc(F)c(F)c2)o1.CC(C)c1ccc(-c2cccc(F)c2)o1.CC(C)c1ccc(-c2cccc(F)c2F)o1.CC(C)c1ccc(-c2cccc(NS(C)(=O)=O)c2)o1.CC(C)c1ccc(-c2cccc(S(C)(=O)=O)c2)o1.CC(C)c1ccc(-c2ccccc2)o1.CC(C)c1ccc(-c2cccnc2)o1.CNS(=O)(=O)c1cccc(-c2ccc(C(C)C)o2)c1. The molecule has 0 saturated carbocycles. The number of pyridine rings is 1. The van der Waals surface area contributed by atoms with Gasteiger partial charge in [0.1, 0.15) is 110 Å². The van der Waals surface area contributed by atoms with E-state index in [2.05, 4.69) is 116 Å². The summed E-state index contributed by atoms with van der Waals surface area (Å²) in [5, 5.41) is 8.70. The van der Waals surface area contributed by atoms with Gasteiger partial charge >= 0.3 is 0 Å². The molecular weight excluding hydrogens is 1930 g/mol. The van der Waals surface area contributed by atoms with Gasteiger partial charge in [-0.3, -0.25) is 9.71 Å². The first kappa shape index (κ1) is 114. The number of sulfone groups is 1. The molecule has 147 heavy (non-hydrogen) atoms. The maximum atomic E-state index is 13.5. The summed E-state index contributed by atoms with van der Waals surface area (Å²) in [7, 11) is -8.48. The fourth-order valence-corrected chi connectivity index (χ4v) is 15.9. The van der Waals surface area contributed by atoms with Gasteiger partial charge < -0.3 is 39.8 Å². The van der Waals surface area contributed by atoms with Gasteiger partial charge in [-0.1, -0.05) is 210 Å². The Labute approximate surface area is 860 Å². The van der Waals surface area contributed by atoms with Crippen molar-refractivity contribution in [2.24, 2.45) is 0 Å². The summed E-state index contributed by atoms with van der Waals surface area (Å²) < 4.78 is 190. The molecule has 0 unspecified atom stereocenters. The van der Waals surface area contributed by atoms with Crippen LogP contribution in [-0.2, 0) is 29.9 Å². The van der Waals surface area contributed by atoms with Crippen molar-refractivity contribution >= 4 is 35.6 Å². The number of hydrogen-bond acceptors (Lipinski definition) is 17. The van der Waals surface area contributed by atoms with Crippen molar-refractivity contribution in [3.8, 4) is 108 Å². The number of anilines is 1. The molecule has 0 saturated heterocycles. The standard InChI is InChI=1S/2C14H17NO3S.C14H13NO.C14H16O3S.2C13H12F2O.C13H13FO.C13H14O.C12H13NO/c1-10(2)13-7-8-14(18-13)11-5-4-6-12(9-11)15-19(3,16)17;1-10(2)13-7-8-14(18-13)11-5-4-6-12(9-11)19(16,17)15-3;1-10(2)13-7-8-14(16-13)12-5-3-11(9-15)4-6-12;1-10(2)13-7-8-14(17-13)11-5-4-6-12(9-11)18(3,15)16;1-8(2)12-5-6-13(16-12)9-3-4-10(14)11(15)7-9;1-8(2)11-6-7-12(16-11)9-4-3-5-10(14)13(9)15;1-9(2)12-6-7-13(15-12)10-4-3-5-11(14)8-10;1-10(2)12-8-9-13(14-12)11-6-4-3-5-7-11;1-9(2)11-5-6-12(14-11)10-4-3-7-13-8-10/h2*4-10,15H,1-3H3;3-8,10H,1-2H3;4-10H,1-3H3;2*3-8H,1-2H3;3-9H,1-2H3;3-10H,1-2H3;3-9H,1-2H3. The third-order valence-corrected chi connectivity index (χ3v) is 25.4. The molecule has 0 fully saturated rings. The lowest BCUT2D eigenvalue weighted by molar-refractivity contribution is 0.483. The van der Waals surface area contributed by atoms with E-state index < -0.39 is 53.2 Å². The molecule has 770 valence electrons. The average Bonchev–Trinajstić information content (AvgIpc) is 1.79. The lowest BCUT2D eigenvalue weighted by Gasteiger charge is -2.05. The van der Waals surface area contributed by atoms with Gasteiger partial charge in [-0.15, -0.1) is 0 Å². The lowest BCUT2D eigenvalue weighted by atomic mass is 10.1. The Morgan fingerprint density at radius 3 is 0.952 bits per heavy atom. The van der Waals surface area contributed by atoms with Gasteiger partial charge in [0, 0.05) is 122 Å². The summed E-state index contributed by atoms with van der Waals surface area (Å²) in [6.07, 6.45) is 5.90. The van der Waals surface area contributed by atoms with E-state index >= 15 is 0 Å². The maximum Gasteiger partial charge on any atom is 0.240 e. The molecule has 27 heteroatoms. The minimum atomic E-state index is -3.43. The molecule has 0 aliphatic heterocycles. The summed E-state index contributed by atoms with van der Waals surface area (Å²) >= 11 is 0. The molecule has 0 atom stereocenters. The van der Waals surface area contributed by atoms with Gasteiger partial charge in [-0.25, -0.2) is 51.9 Å². The first-order valence-corrected chi connectivity index (χ1v) is 53.4. The summed E-state index contributed by atoms with van der Waals surface area (Å²) in [5.74, 6) is 14.1. The molecule has 19 nitrogen and oxygen atoms in total. The van der Waals surface area contributed by atoms with E-state index in [4.69, 9.17) is 45.0 Å². The zero-order valence-electron chi connectivity index (χ0n) is 86.4. The zero-order valence-corrected chi connectivity index (χ0v) is 88.9. The summed E-state index contributed by atoms with van der Waals surface area (Å²) in [6.45, 7) is 37.1. The highest BCUT2D eigenvalue weighted by Crippen LogP contribution is 2.37. The predicted molar refractivity (Wildman–Crippen MR) is 574 cm³/mol. The molecule has 0 spiro atoms. The Hall–Kier alpha value is -14.8. The van der Waals surface area contributed by atoms with Crippen molar-refractivity contribution in [3.63, 3.8) is 0 Å². The van der Waals surface area contributed by atoms with Crippen LogP contribution in [0.1, 0.15) is 235 Å². The Bertz CT molecular complexity index is 7530. The minimum absolute atomic E-state index is 0.159. The minimum Gasteiger partial charge on any atom is -0.461 e. The van der Waals surface area contributed by atoms with Crippen LogP contribution >= 0.6 is 0 Å². The molecule has 10 aromatic heterocycles. The normalized spacial score (nSPS) is 11.3. The van der Waals surface area contributed by atoms with E-state index in [0.29, 0.717) is 86.2 Å². The van der Waals surface area contributed by atoms with Crippen LogP contribution in [0.3, 0.4) is 0 Å². The average molecular weight is 2060 g/mol. The van der Waals surface area contributed by atoms with Gasteiger partial charge in [-0.2, -0.15) is 5.26 Å². The number of aromatic nitrogens is 1. The number of benzene rings is 8. The molecule has 0 aliphatic carbocycles. The Morgan fingerprint density at radius 1 is 0.286 bits per heavy atom. The molecule has 8 aromatic carbocycles. The van der Waals surface area contributed by atoms with Crippen LogP contribution in [0, 0.1) is 40.4 Å². The van der Waals surface area contributed by atoms with E-state index in [9.17, 15) is 47.2 Å². The smallest absolute Gasteiger partial charge is 0.240 e. The summed E-state index contributed by atoms with van der Waals surface area (Å²) in [5.41, 5.74) is 8.24. The van der Waals surface area contributed by atoms with E-state index in [-0.39, 0.29) is 28.1 Å². The predicted octanol–water partition coefficient (Wildman–Crippen LogP) is 34.3. The molecule has 0 aliphatic rings. The van der Waals surface area contributed by atoms with Crippen LogP contribution < -0.4 is 9.44 Å². The third-order valence-electron chi connectivity index (χ3n) is 22.3. The molecule has 0 bridgehead atoms. The highest BCUT2D eigenvalue weighted by atomic mass is 32.2. The van der Waals surface area contributed by atoms with Gasteiger partial charge in [0.25, 0.3) is 0 Å². The van der Waals surface area contributed by atoms with Crippen molar-refractivity contribution in [2.75, 3.05) is 24.3 Å². The van der Waals surface area contributed by atoms with Crippen molar-refractivity contribution in [3.05, 3.63) is 408 Å². The van der Waals surface area contributed by atoms with Gasteiger partial charge in [-0.05, 0) is 232 Å². The molecule has 10 heterocycles. The molecule has 0 radical (unpaired) electrons. The van der Waals surface area contributed by atoms with Crippen LogP contribution in [0.5, 0.6) is 0 Å². The second-order valence-corrected chi connectivity index (χ2v) is 42.9. The number of sulfonamides is 2. The first-order chi connectivity index (χ1) is 69.7. The monoisotopic (exact) mass is 2050 g/mol. The maximum absolute atomic E-state index is 13.5. The summed E-state index contributed by atoms with van der Waals surface area (Å²) in [6, 6.07) is 92.8.